The van der Waals surface area contributed by atoms with Gasteiger partial charge in [-0.2, -0.15) is 10.8 Å². The van der Waals surface area contributed by atoms with E-state index < -0.39 is 0 Å². The Labute approximate surface area is 83.9 Å². The van der Waals surface area contributed by atoms with Crippen LogP contribution in [0.25, 0.3) is 0 Å². The molecule has 1 heteroatoms. The Hall–Kier alpha value is 0.532. The van der Waals surface area contributed by atoms with Gasteiger partial charge in [0.05, 0.1) is 0 Å². The van der Waals surface area contributed by atoms with Crippen molar-refractivity contribution in [2.75, 3.05) is 0 Å². The number of hydrogen-bond acceptors (Lipinski definition) is 0. The molecule has 0 aliphatic carbocycles. The molecular formula is C10H22Cr. The molecule has 0 bridgehead atoms. The van der Waals surface area contributed by atoms with Gasteiger partial charge >= 0.3 is 17.4 Å². The molecule has 0 aliphatic rings. The Bertz CT molecular complexity index is 47.9. The maximum Gasteiger partial charge on any atom is 2.00 e. The zero-order chi connectivity index (χ0) is 9.00. The van der Waals surface area contributed by atoms with Gasteiger partial charge in [-0.1, -0.05) is 41.5 Å². The van der Waals surface area contributed by atoms with Crippen molar-refractivity contribution in [2.45, 2.75) is 41.5 Å². The fourth-order valence-corrected chi connectivity index (χ4v) is 0. The molecule has 11 heavy (non-hydrogen) atoms. The van der Waals surface area contributed by atoms with Crippen LogP contribution in [0, 0.1) is 24.7 Å². The molecule has 0 spiro atoms. The summed E-state index contributed by atoms with van der Waals surface area (Å²) in [7, 11) is 0. The first-order valence-corrected chi connectivity index (χ1v) is 3.71. The third-order valence-corrected chi connectivity index (χ3v) is 0. The molecule has 0 amide bonds. The Morgan fingerprint density at radius 3 is 0.636 bits per heavy atom. The summed E-state index contributed by atoms with van der Waals surface area (Å²) in [4.78, 5) is 0. The van der Waals surface area contributed by atoms with Crippen LogP contribution in [0.1, 0.15) is 41.5 Å². The van der Waals surface area contributed by atoms with Crippen molar-refractivity contribution in [3.63, 3.8) is 0 Å². The second-order valence-electron chi connectivity index (χ2n) is 5.12. The molecule has 0 aromatic rings. The van der Waals surface area contributed by atoms with Crippen molar-refractivity contribution in [3.8, 4) is 0 Å². The maximum absolute atomic E-state index is 3.77. The van der Waals surface area contributed by atoms with Gasteiger partial charge in [-0.3, -0.25) is 0 Å². The van der Waals surface area contributed by atoms with Gasteiger partial charge in [0.2, 0.25) is 0 Å². The van der Waals surface area contributed by atoms with E-state index >= 15 is 0 Å². The van der Waals surface area contributed by atoms with Crippen LogP contribution in [0.15, 0.2) is 0 Å². The van der Waals surface area contributed by atoms with Crippen molar-refractivity contribution in [1.82, 2.24) is 0 Å². The van der Waals surface area contributed by atoms with Crippen LogP contribution < -0.4 is 0 Å². The van der Waals surface area contributed by atoms with Crippen molar-refractivity contribution in [3.05, 3.63) is 13.8 Å². The first-order chi connectivity index (χ1) is 4.00. The molecule has 0 aromatic carbocycles. The molecule has 0 aromatic heterocycles. The fourth-order valence-electron chi connectivity index (χ4n) is 0. The summed E-state index contributed by atoms with van der Waals surface area (Å²) in [5, 5.41) is 0. The summed E-state index contributed by atoms with van der Waals surface area (Å²) in [6.45, 7) is 20.0. The third kappa shape index (κ3) is 2700. The van der Waals surface area contributed by atoms with Gasteiger partial charge in [0, 0.05) is 0 Å². The van der Waals surface area contributed by atoms with Gasteiger partial charge < -0.3 is 13.8 Å². The Balaban J connectivity index is -0.000000107. The molecule has 68 valence electrons. The van der Waals surface area contributed by atoms with Crippen molar-refractivity contribution < 1.29 is 17.4 Å². The molecule has 0 atom stereocenters. The quantitative estimate of drug-likeness (QED) is 0.515. The van der Waals surface area contributed by atoms with Gasteiger partial charge in [-0.15, -0.1) is 0 Å². The van der Waals surface area contributed by atoms with Gasteiger partial charge in [0.25, 0.3) is 0 Å². The van der Waals surface area contributed by atoms with Gasteiger partial charge in [0.1, 0.15) is 0 Å². The predicted molar refractivity (Wildman–Crippen MR) is 49.6 cm³/mol. The van der Waals surface area contributed by atoms with Crippen LogP contribution >= 0.6 is 0 Å². The van der Waals surface area contributed by atoms with Crippen LogP contribution in [-0.2, 0) is 17.4 Å². The van der Waals surface area contributed by atoms with Gasteiger partial charge in [0.15, 0.2) is 0 Å². The SMILES string of the molecule is [CH2-]C(C)(C)C.[CH2-]C(C)(C)C.[Cr+2]. The molecule has 0 saturated carbocycles. The van der Waals surface area contributed by atoms with E-state index in [1.165, 1.54) is 0 Å². The molecule has 0 saturated heterocycles. The Kier molecular flexibility index (Phi) is 9.73. The van der Waals surface area contributed by atoms with Crippen LogP contribution in [0.5, 0.6) is 0 Å². The van der Waals surface area contributed by atoms with E-state index in [2.05, 4.69) is 55.4 Å². The Morgan fingerprint density at radius 2 is 0.636 bits per heavy atom. The van der Waals surface area contributed by atoms with E-state index in [4.69, 9.17) is 0 Å². The van der Waals surface area contributed by atoms with Crippen molar-refractivity contribution in [1.29, 1.82) is 0 Å². The van der Waals surface area contributed by atoms with Crippen molar-refractivity contribution >= 4 is 0 Å². The summed E-state index contributed by atoms with van der Waals surface area (Å²) in [6, 6.07) is 0. The second-order valence-corrected chi connectivity index (χ2v) is 5.12. The summed E-state index contributed by atoms with van der Waals surface area (Å²) >= 11 is 0. The molecule has 0 aliphatic heterocycles. The van der Waals surface area contributed by atoms with E-state index in [-0.39, 0.29) is 28.2 Å². The molecule has 0 radical (unpaired) electrons. The molecule has 0 heterocycles. The zero-order valence-electron chi connectivity index (χ0n) is 8.82. The molecular weight excluding hydrogens is 172 g/mol. The van der Waals surface area contributed by atoms with Gasteiger partial charge in [-0.25, -0.2) is 0 Å². The van der Waals surface area contributed by atoms with E-state index in [0.29, 0.717) is 0 Å². The molecule has 0 fully saturated rings. The first kappa shape index (κ1) is 17.6. The van der Waals surface area contributed by atoms with E-state index in [0.717, 1.165) is 0 Å². The van der Waals surface area contributed by atoms with E-state index in [9.17, 15) is 0 Å². The number of rotatable bonds is 0. The van der Waals surface area contributed by atoms with Crippen LogP contribution in [0.3, 0.4) is 0 Å². The predicted octanol–water partition coefficient (Wildman–Crippen LogP) is 3.73. The average molecular weight is 194 g/mol. The third-order valence-electron chi connectivity index (χ3n) is 0. The van der Waals surface area contributed by atoms with Crippen LogP contribution in [0.4, 0.5) is 0 Å². The zero-order valence-corrected chi connectivity index (χ0v) is 10.1. The summed E-state index contributed by atoms with van der Waals surface area (Å²) in [5.74, 6) is 0. The summed E-state index contributed by atoms with van der Waals surface area (Å²) in [5.41, 5.74) is 0.500. The molecule has 0 nitrogen and oxygen atoms in total. The smallest absolute Gasteiger partial charge is 0.338 e. The molecule has 0 rings (SSSR count). The minimum atomic E-state index is 0. The van der Waals surface area contributed by atoms with E-state index in [1.54, 1.807) is 0 Å². The average Bonchev–Trinajstić information content (AvgIpc) is 1.12. The minimum Gasteiger partial charge on any atom is -0.338 e. The van der Waals surface area contributed by atoms with Crippen LogP contribution in [-0.4, -0.2) is 0 Å². The maximum atomic E-state index is 3.77. The summed E-state index contributed by atoms with van der Waals surface area (Å²) in [6.07, 6.45) is 0. The van der Waals surface area contributed by atoms with E-state index in [1.807, 2.05) is 0 Å². The number of hydrogen-bond donors (Lipinski definition) is 0. The van der Waals surface area contributed by atoms with Gasteiger partial charge in [-0.05, 0) is 0 Å². The monoisotopic (exact) mass is 194 g/mol. The topological polar surface area (TPSA) is 0 Å². The van der Waals surface area contributed by atoms with Crippen molar-refractivity contribution in [2.24, 2.45) is 10.8 Å². The summed E-state index contributed by atoms with van der Waals surface area (Å²) < 4.78 is 0. The molecule has 0 N–H and O–H groups in total. The fraction of sp³-hybridized carbons (Fsp3) is 0.800. The standard InChI is InChI=1S/2C5H11.Cr/c2*1-5(2,3)4;/h2*1H2,2-4H3;/q2*-1;+2. The molecule has 0 unspecified atom stereocenters. The normalized spacial score (nSPS) is 10.9. The Morgan fingerprint density at radius 1 is 0.636 bits per heavy atom. The first-order valence-electron chi connectivity index (χ1n) is 3.71. The van der Waals surface area contributed by atoms with Crippen LogP contribution in [0.2, 0.25) is 0 Å². The second kappa shape index (κ2) is 6.09. The largest absolute Gasteiger partial charge is 2.00 e. The minimum absolute atomic E-state index is 0.